The number of aromatic nitrogens is 4. The van der Waals surface area contributed by atoms with E-state index in [1.54, 1.807) is 18.5 Å². The van der Waals surface area contributed by atoms with Gasteiger partial charge < -0.3 is 5.73 Å². The van der Waals surface area contributed by atoms with Gasteiger partial charge in [-0.15, -0.1) is 0 Å². The summed E-state index contributed by atoms with van der Waals surface area (Å²) >= 11 is 0. The van der Waals surface area contributed by atoms with Gasteiger partial charge >= 0.3 is 0 Å². The Morgan fingerprint density at radius 2 is 1.87 bits per heavy atom. The van der Waals surface area contributed by atoms with Gasteiger partial charge in [-0.1, -0.05) is 0 Å². The van der Waals surface area contributed by atoms with Gasteiger partial charge in [0.25, 0.3) is 5.91 Å². The van der Waals surface area contributed by atoms with E-state index in [4.69, 9.17) is 5.73 Å². The largest absolute Gasteiger partial charge is 0.366 e. The molecule has 0 saturated heterocycles. The summed E-state index contributed by atoms with van der Waals surface area (Å²) in [4.78, 5) is 18.7. The Bertz CT molecular complexity index is 468. The summed E-state index contributed by atoms with van der Waals surface area (Å²) in [5, 5.41) is 7.33. The van der Waals surface area contributed by atoms with E-state index in [0.717, 1.165) is 5.56 Å². The van der Waals surface area contributed by atoms with Gasteiger partial charge in [0.1, 0.15) is 0 Å². The molecule has 74 valence electrons. The van der Waals surface area contributed by atoms with E-state index in [0.29, 0.717) is 5.82 Å². The molecule has 0 aliphatic heterocycles. The minimum Gasteiger partial charge on any atom is -0.366 e. The molecule has 0 saturated carbocycles. The molecule has 0 aromatic carbocycles. The normalized spacial score (nSPS) is 9.87. The first-order valence-corrected chi connectivity index (χ1v) is 4.16. The number of nitrogens with two attached hydrogens (primary N) is 1. The molecule has 15 heavy (non-hydrogen) atoms. The number of primary amides is 1. The van der Waals surface area contributed by atoms with Crippen LogP contribution in [0.2, 0.25) is 0 Å². The summed E-state index contributed by atoms with van der Waals surface area (Å²) in [6.07, 6.45) is 5.84. The van der Waals surface area contributed by atoms with Crippen LogP contribution in [0.3, 0.4) is 0 Å². The quantitative estimate of drug-likeness (QED) is 0.739. The summed E-state index contributed by atoms with van der Waals surface area (Å²) in [7, 11) is 0. The molecule has 2 rings (SSSR count). The first-order valence-electron chi connectivity index (χ1n) is 4.16. The van der Waals surface area contributed by atoms with Crippen LogP contribution in [-0.4, -0.2) is 26.1 Å². The standard InChI is InChI=1S/C9H7N5O/c10-8(15)7-3-11-9(12-4-7)6-1-2-13-14-5-6/h1-5H,(H2,10,15). The molecule has 6 heteroatoms. The summed E-state index contributed by atoms with van der Waals surface area (Å²) in [5.41, 5.74) is 6.08. The van der Waals surface area contributed by atoms with Crippen LogP contribution in [0.25, 0.3) is 11.4 Å². The van der Waals surface area contributed by atoms with E-state index >= 15 is 0 Å². The number of hydrogen-bond acceptors (Lipinski definition) is 5. The van der Waals surface area contributed by atoms with E-state index in [1.165, 1.54) is 12.4 Å². The Morgan fingerprint density at radius 3 is 2.40 bits per heavy atom. The zero-order valence-corrected chi connectivity index (χ0v) is 7.66. The van der Waals surface area contributed by atoms with Crippen LogP contribution in [0.1, 0.15) is 10.4 Å². The summed E-state index contributed by atoms with van der Waals surface area (Å²) in [6, 6.07) is 1.73. The van der Waals surface area contributed by atoms with Crippen molar-refractivity contribution >= 4 is 5.91 Å². The summed E-state index contributed by atoms with van der Waals surface area (Å²) in [6.45, 7) is 0. The third-order valence-electron chi connectivity index (χ3n) is 1.78. The molecule has 0 aliphatic rings. The second-order valence-electron chi connectivity index (χ2n) is 2.79. The van der Waals surface area contributed by atoms with Crippen LogP contribution >= 0.6 is 0 Å². The molecule has 6 nitrogen and oxygen atoms in total. The minimum absolute atomic E-state index is 0.278. The summed E-state index contributed by atoms with van der Waals surface area (Å²) in [5.74, 6) is -0.0655. The van der Waals surface area contributed by atoms with Crippen molar-refractivity contribution in [3.8, 4) is 11.4 Å². The van der Waals surface area contributed by atoms with Crippen molar-refractivity contribution in [3.63, 3.8) is 0 Å². The molecular formula is C9H7N5O. The highest BCUT2D eigenvalue weighted by atomic mass is 16.1. The summed E-state index contributed by atoms with van der Waals surface area (Å²) < 4.78 is 0. The van der Waals surface area contributed by atoms with Gasteiger partial charge in [-0.25, -0.2) is 9.97 Å². The van der Waals surface area contributed by atoms with Crippen molar-refractivity contribution in [2.45, 2.75) is 0 Å². The lowest BCUT2D eigenvalue weighted by molar-refractivity contribution is 0.0999. The second kappa shape index (κ2) is 3.79. The van der Waals surface area contributed by atoms with Crippen molar-refractivity contribution in [1.82, 2.24) is 20.2 Å². The smallest absolute Gasteiger partial charge is 0.251 e. The molecule has 0 aliphatic carbocycles. The molecule has 0 spiro atoms. The van der Waals surface area contributed by atoms with Crippen LogP contribution < -0.4 is 5.73 Å². The average molecular weight is 201 g/mol. The molecule has 2 N–H and O–H groups in total. The molecular weight excluding hydrogens is 194 g/mol. The highest BCUT2D eigenvalue weighted by molar-refractivity contribution is 5.92. The van der Waals surface area contributed by atoms with Gasteiger partial charge in [-0.05, 0) is 6.07 Å². The van der Waals surface area contributed by atoms with E-state index in [-0.39, 0.29) is 5.56 Å². The van der Waals surface area contributed by atoms with Gasteiger partial charge in [-0.3, -0.25) is 4.79 Å². The Morgan fingerprint density at radius 1 is 1.13 bits per heavy atom. The molecule has 0 unspecified atom stereocenters. The number of amides is 1. The van der Waals surface area contributed by atoms with Gasteiger partial charge in [-0.2, -0.15) is 10.2 Å². The number of carbonyl (C=O) groups excluding carboxylic acids is 1. The zero-order chi connectivity index (χ0) is 10.7. The zero-order valence-electron chi connectivity index (χ0n) is 7.66. The number of nitrogens with zero attached hydrogens (tertiary/aromatic N) is 4. The van der Waals surface area contributed by atoms with Crippen LogP contribution in [0.5, 0.6) is 0 Å². The molecule has 2 heterocycles. The third-order valence-corrected chi connectivity index (χ3v) is 1.78. The monoisotopic (exact) mass is 201 g/mol. The van der Waals surface area contributed by atoms with Crippen molar-refractivity contribution < 1.29 is 4.79 Å². The molecule has 0 radical (unpaired) electrons. The lowest BCUT2D eigenvalue weighted by Crippen LogP contribution is -2.11. The maximum atomic E-state index is 10.8. The predicted molar refractivity (Wildman–Crippen MR) is 51.6 cm³/mol. The van der Waals surface area contributed by atoms with Crippen molar-refractivity contribution in [1.29, 1.82) is 0 Å². The highest BCUT2D eigenvalue weighted by Gasteiger charge is 2.04. The number of carbonyl (C=O) groups is 1. The van der Waals surface area contributed by atoms with Crippen LogP contribution in [0.4, 0.5) is 0 Å². The Kier molecular flexibility index (Phi) is 2.32. The Labute approximate surface area is 85.2 Å². The average Bonchev–Trinajstić information content (AvgIpc) is 2.30. The molecule has 1 amide bonds. The topological polar surface area (TPSA) is 94.7 Å². The lowest BCUT2D eigenvalue weighted by Gasteiger charge is -1.98. The first-order chi connectivity index (χ1) is 7.27. The van der Waals surface area contributed by atoms with Gasteiger partial charge in [0.15, 0.2) is 5.82 Å². The predicted octanol–water partition coefficient (Wildman–Crippen LogP) is 0.0325. The lowest BCUT2D eigenvalue weighted by atomic mass is 10.3. The van der Waals surface area contributed by atoms with Crippen LogP contribution in [-0.2, 0) is 0 Å². The fourth-order valence-electron chi connectivity index (χ4n) is 1.03. The molecule has 0 atom stereocenters. The Hall–Kier alpha value is -2.37. The minimum atomic E-state index is -0.547. The molecule has 2 aromatic heterocycles. The van der Waals surface area contributed by atoms with Crippen LogP contribution in [0, 0.1) is 0 Å². The maximum Gasteiger partial charge on any atom is 0.251 e. The SMILES string of the molecule is NC(=O)c1cnc(-c2ccnnc2)nc1. The van der Waals surface area contributed by atoms with Crippen molar-refractivity contribution in [2.24, 2.45) is 5.73 Å². The fourth-order valence-corrected chi connectivity index (χ4v) is 1.03. The highest BCUT2D eigenvalue weighted by Crippen LogP contribution is 2.10. The maximum absolute atomic E-state index is 10.8. The fraction of sp³-hybridized carbons (Fsp3) is 0. The van der Waals surface area contributed by atoms with E-state index in [1.807, 2.05) is 0 Å². The van der Waals surface area contributed by atoms with Gasteiger partial charge in [0.05, 0.1) is 18.0 Å². The molecule has 0 fully saturated rings. The Balaban J connectivity index is 2.36. The first kappa shape index (κ1) is 9.20. The second-order valence-corrected chi connectivity index (χ2v) is 2.79. The number of hydrogen-bond donors (Lipinski definition) is 1. The molecule has 0 bridgehead atoms. The number of rotatable bonds is 2. The van der Waals surface area contributed by atoms with Crippen LogP contribution in [0.15, 0.2) is 30.9 Å². The van der Waals surface area contributed by atoms with Gasteiger partial charge in [0.2, 0.25) is 0 Å². The van der Waals surface area contributed by atoms with Crippen molar-refractivity contribution in [3.05, 3.63) is 36.4 Å². The van der Waals surface area contributed by atoms with Crippen molar-refractivity contribution in [2.75, 3.05) is 0 Å². The molecule has 2 aromatic rings. The van der Waals surface area contributed by atoms with E-state index in [2.05, 4.69) is 20.2 Å². The van der Waals surface area contributed by atoms with E-state index < -0.39 is 5.91 Å². The third kappa shape index (κ3) is 1.93. The van der Waals surface area contributed by atoms with Gasteiger partial charge in [0, 0.05) is 18.0 Å². The van der Waals surface area contributed by atoms with E-state index in [9.17, 15) is 4.79 Å².